The molecule has 1 nitrogen and oxygen atoms in total. The number of ether oxygens (including phenoxy) is 1. The van der Waals surface area contributed by atoms with E-state index < -0.39 is 0 Å². The Balaban J connectivity index is -0.0000000383. The molecule has 0 saturated carbocycles. The van der Waals surface area contributed by atoms with Gasteiger partial charge in [0.15, 0.2) is 0 Å². The smallest absolute Gasteiger partial charge is 1.00 e. The van der Waals surface area contributed by atoms with Gasteiger partial charge in [0.2, 0.25) is 0 Å². The van der Waals surface area contributed by atoms with Crippen LogP contribution in [-0.4, -0.2) is 36.3 Å². The quantitative estimate of drug-likeness (QED) is 0.407. The van der Waals surface area contributed by atoms with Gasteiger partial charge in [-0.05, 0) is 13.8 Å². The topological polar surface area (TPSA) is 9.23 Å². The molecule has 0 aromatic heterocycles. The molecule has 66 valence electrons. The SMILES string of the molecule is CCOCC.[CH2-]C(C)C.[Cl-].[Mg+2]. The maximum Gasteiger partial charge on any atom is 2.00 e. The molecular weight excluding hydrogens is 172 g/mol. The summed E-state index contributed by atoms with van der Waals surface area (Å²) in [6, 6.07) is 0. The fraction of sp³-hybridized carbons (Fsp3) is 0.875. The molecular formula is C8H19ClMgO. The fourth-order valence-corrected chi connectivity index (χ4v) is 0.204. The number of hydrogen-bond acceptors (Lipinski definition) is 1. The van der Waals surface area contributed by atoms with E-state index in [9.17, 15) is 0 Å². The summed E-state index contributed by atoms with van der Waals surface area (Å²) in [5.74, 6) is 0.583. The second kappa shape index (κ2) is 22.5. The van der Waals surface area contributed by atoms with E-state index in [4.69, 9.17) is 4.74 Å². The molecule has 0 spiro atoms. The Morgan fingerprint density at radius 3 is 1.36 bits per heavy atom. The predicted octanol–water partition coefficient (Wildman–Crippen LogP) is -0.858. The van der Waals surface area contributed by atoms with E-state index in [1.54, 1.807) is 0 Å². The molecule has 0 fully saturated rings. The van der Waals surface area contributed by atoms with E-state index in [1.165, 1.54) is 0 Å². The van der Waals surface area contributed by atoms with Crippen molar-refractivity contribution in [1.82, 2.24) is 0 Å². The van der Waals surface area contributed by atoms with Crippen LogP contribution in [0.5, 0.6) is 0 Å². The summed E-state index contributed by atoms with van der Waals surface area (Å²) in [7, 11) is 0. The van der Waals surface area contributed by atoms with Gasteiger partial charge in [0, 0.05) is 13.2 Å². The third-order valence-corrected chi connectivity index (χ3v) is 0.408. The summed E-state index contributed by atoms with van der Waals surface area (Å²) >= 11 is 0. The van der Waals surface area contributed by atoms with Gasteiger partial charge in [0.05, 0.1) is 0 Å². The molecule has 0 aliphatic heterocycles. The van der Waals surface area contributed by atoms with Crippen LogP contribution in [0.4, 0.5) is 0 Å². The van der Waals surface area contributed by atoms with Crippen molar-refractivity contribution >= 4 is 23.1 Å². The van der Waals surface area contributed by atoms with Gasteiger partial charge in [0.25, 0.3) is 0 Å². The third kappa shape index (κ3) is 98.4. The maximum atomic E-state index is 4.83. The molecule has 0 radical (unpaired) electrons. The van der Waals surface area contributed by atoms with Crippen LogP contribution in [0.3, 0.4) is 0 Å². The summed E-state index contributed by atoms with van der Waals surface area (Å²) in [6.07, 6.45) is 0. The van der Waals surface area contributed by atoms with Crippen molar-refractivity contribution in [3.05, 3.63) is 6.92 Å². The summed E-state index contributed by atoms with van der Waals surface area (Å²) in [5, 5.41) is 0. The van der Waals surface area contributed by atoms with Gasteiger partial charge in [-0.1, -0.05) is 13.8 Å². The maximum absolute atomic E-state index is 4.83. The Hall–Kier alpha value is 1.02. The van der Waals surface area contributed by atoms with Gasteiger partial charge in [0.1, 0.15) is 0 Å². The Kier molecular flexibility index (Phi) is 46.3. The Morgan fingerprint density at radius 2 is 1.36 bits per heavy atom. The minimum Gasteiger partial charge on any atom is -1.00 e. The summed E-state index contributed by atoms with van der Waals surface area (Å²) in [6.45, 7) is 13.4. The summed E-state index contributed by atoms with van der Waals surface area (Å²) < 4.78 is 4.83. The first kappa shape index (κ1) is 22.7. The van der Waals surface area contributed by atoms with Gasteiger partial charge >= 0.3 is 23.1 Å². The van der Waals surface area contributed by atoms with Gasteiger partial charge < -0.3 is 24.1 Å². The van der Waals surface area contributed by atoms with Gasteiger partial charge in [-0.25, -0.2) is 0 Å². The minimum absolute atomic E-state index is 0. The zero-order chi connectivity index (χ0) is 7.70. The van der Waals surface area contributed by atoms with Crippen molar-refractivity contribution in [2.24, 2.45) is 5.92 Å². The summed E-state index contributed by atoms with van der Waals surface area (Å²) in [4.78, 5) is 0. The van der Waals surface area contributed by atoms with Crippen LogP contribution in [0, 0.1) is 12.8 Å². The van der Waals surface area contributed by atoms with E-state index in [0.29, 0.717) is 5.92 Å². The minimum atomic E-state index is 0. The average molecular weight is 191 g/mol. The van der Waals surface area contributed by atoms with Gasteiger partial charge in [-0.3, -0.25) is 0 Å². The van der Waals surface area contributed by atoms with E-state index >= 15 is 0 Å². The first-order valence-electron chi connectivity index (χ1n) is 3.55. The van der Waals surface area contributed by atoms with Crippen LogP contribution in [0.2, 0.25) is 0 Å². The molecule has 0 aromatic rings. The molecule has 0 unspecified atom stereocenters. The molecule has 3 heteroatoms. The van der Waals surface area contributed by atoms with Crippen molar-refractivity contribution < 1.29 is 17.1 Å². The third-order valence-electron chi connectivity index (χ3n) is 0.408. The first-order chi connectivity index (χ1) is 4.15. The zero-order valence-electron chi connectivity index (χ0n) is 8.19. The van der Waals surface area contributed by atoms with Crippen LogP contribution in [0.1, 0.15) is 27.7 Å². The molecule has 0 amide bonds. The van der Waals surface area contributed by atoms with Crippen LogP contribution < -0.4 is 12.4 Å². The number of halogens is 1. The monoisotopic (exact) mass is 190 g/mol. The first-order valence-corrected chi connectivity index (χ1v) is 3.55. The van der Waals surface area contributed by atoms with Crippen molar-refractivity contribution in [2.75, 3.05) is 13.2 Å². The largest absolute Gasteiger partial charge is 2.00 e. The molecule has 11 heavy (non-hydrogen) atoms. The molecule has 0 heterocycles. The molecule has 0 aliphatic rings. The number of rotatable bonds is 2. The Labute approximate surface area is 93.8 Å². The standard InChI is InChI=1S/C4H10O.C4H9.ClH.Mg/c1-3-5-4-2;1-4(2)3;;/h3-4H2,1-2H3;4H,1H2,2-3H3;1H;/q;-1;;+2/p-1. The average Bonchev–Trinajstić information content (AvgIpc) is 1.66. The zero-order valence-corrected chi connectivity index (χ0v) is 10.4. The molecule has 0 rings (SSSR count). The van der Waals surface area contributed by atoms with Crippen molar-refractivity contribution in [3.8, 4) is 0 Å². The predicted molar refractivity (Wildman–Crippen MR) is 48.1 cm³/mol. The molecule has 0 saturated heterocycles. The molecule has 0 aromatic carbocycles. The van der Waals surface area contributed by atoms with Gasteiger partial charge in [-0.15, -0.1) is 0 Å². The van der Waals surface area contributed by atoms with Crippen LogP contribution >= 0.6 is 0 Å². The van der Waals surface area contributed by atoms with Crippen molar-refractivity contribution in [1.29, 1.82) is 0 Å². The molecule has 0 N–H and O–H groups in total. The Bertz CT molecular complexity index is 38.3. The Morgan fingerprint density at radius 1 is 1.18 bits per heavy atom. The van der Waals surface area contributed by atoms with Gasteiger partial charge in [-0.2, -0.15) is 5.92 Å². The van der Waals surface area contributed by atoms with E-state index in [0.717, 1.165) is 13.2 Å². The van der Waals surface area contributed by atoms with E-state index in [2.05, 4.69) is 20.8 Å². The summed E-state index contributed by atoms with van der Waals surface area (Å²) in [5.41, 5.74) is 0. The van der Waals surface area contributed by atoms with Crippen LogP contribution in [-0.2, 0) is 4.74 Å². The fourth-order valence-electron chi connectivity index (χ4n) is 0.204. The van der Waals surface area contributed by atoms with Crippen LogP contribution in [0.15, 0.2) is 0 Å². The molecule has 0 bridgehead atoms. The molecule has 0 atom stereocenters. The second-order valence-electron chi connectivity index (χ2n) is 2.18. The molecule has 0 aliphatic carbocycles. The van der Waals surface area contributed by atoms with E-state index in [1.807, 2.05) is 13.8 Å². The van der Waals surface area contributed by atoms with Crippen molar-refractivity contribution in [2.45, 2.75) is 27.7 Å². The van der Waals surface area contributed by atoms with E-state index in [-0.39, 0.29) is 35.5 Å². The number of hydrogen-bond donors (Lipinski definition) is 0. The van der Waals surface area contributed by atoms with Crippen molar-refractivity contribution in [3.63, 3.8) is 0 Å². The second-order valence-corrected chi connectivity index (χ2v) is 2.18. The normalized spacial score (nSPS) is 7.09. The van der Waals surface area contributed by atoms with Crippen LogP contribution in [0.25, 0.3) is 0 Å².